The lowest BCUT2D eigenvalue weighted by Crippen LogP contribution is -2.61. The zero-order chi connectivity index (χ0) is 25.5. The summed E-state index contributed by atoms with van der Waals surface area (Å²) in [5, 5.41) is 27.1. The number of aromatic nitrogens is 3. The molecular formula is C26H28N7O4-. The van der Waals surface area contributed by atoms with Crippen LogP contribution in [0.15, 0.2) is 59.7 Å². The lowest BCUT2D eigenvalue weighted by molar-refractivity contribution is -0.126. The van der Waals surface area contributed by atoms with Gasteiger partial charge in [-0.1, -0.05) is 6.07 Å². The molecule has 3 aliphatic heterocycles. The fraction of sp³-hybridized carbons (Fsp3) is 0.385. The predicted molar refractivity (Wildman–Crippen MR) is 137 cm³/mol. The van der Waals surface area contributed by atoms with Gasteiger partial charge < -0.3 is 30.5 Å². The summed E-state index contributed by atoms with van der Waals surface area (Å²) in [5.41, 5.74) is 2.99. The van der Waals surface area contributed by atoms with Gasteiger partial charge in [0.25, 0.3) is 5.56 Å². The van der Waals surface area contributed by atoms with Crippen molar-refractivity contribution in [1.82, 2.24) is 19.9 Å². The van der Waals surface area contributed by atoms with Crippen LogP contribution in [0.1, 0.15) is 23.6 Å². The number of anilines is 3. The van der Waals surface area contributed by atoms with Crippen LogP contribution >= 0.6 is 0 Å². The molecule has 0 radical (unpaired) electrons. The lowest BCUT2D eigenvalue weighted by atomic mass is 9.70. The van der Waals surface area contributed by atoms with Crippen LogP contribution in [0.4, 0.5) is 17.3 Å². The summed E-state index contributed by atoms with van der Waals surface area (Å²) in [4.78, 5) is 36.8. The van der Waals surface area contributed by atoms with Gasteiger partial charge in [-0.3, -0.25) is 14.8 Å². The van der Waals surface area contributed by atoms with Crippen LogP contribution in [-0.4, -0.2) is 51.3 Å². The SMILES string of the molecule is O=C(NCCNc1ncccn1)C1Cc2cc(N([O-])O)ccc2N2CC3CC(Cn4c3cccc4=O)C12. The fourth-order valence-corrected chi connectivity index (χ4v) is 6.34. The van der Waals surface area contributed by atoms with Crippen LogP contribution in [0.3, 0.4) is 0 Å². The zero-order valence-corrected chi connectivity index (χ0v) is 20.2. The van der Waals surface area contributed by atoms with Gasteiger partial charge in [0.05, 0.1) is 11.6 Å². The van der Waals surface area contributed by atoms with Gasteiger partial charge in [0.2, 0.25) is 11.9 Å². The fourth-order valence-electron chi connectivity index (χ4n) is 6.34. The third kappa shape index (κ3) is 4.30. The zero-order valence-electron chi connectivity index (χ0n) is 20.2. The molecule has 1 aromatic carbocycles. The van der Waals surface area contributed by atoms with Gasteiger partial charge in [-0.15, -0.1) is 0 Å². The smallest absolute Gasteiger partial charge is 0.250 e. The van der Waals surface area contributed by atoms with Crippen LogP contribution in [0.5, 0.6) is 0 Å². The number of benzene rings is 1. The number of carbonyl (C=O) groups excluding carboxylic acids is 1. The summed E-state index contributed by atoms with van der Waals surface area (Å²) < 4.78 is 1.87. The van der Waals surface area contributed by atoms with E-state index in [4.69, 9.17) is 0 Å². The Morgan fingerprint density at radius 1 is 1.14 bits per heavy atom. The van der Waals surface area contributed by atoms with E-state index in [9.17, 15) is 20.0 Å². The number of amides is 1. The summed E-state index contributed by atoms with van der Waals surface area (Å²) >= 11 is 0. The third-order valence-electron chi connectivity index (χ3n) is 7.82. The van der Waals surface area contributed by atoms with Crippen molar-refractivity contribution >= 4 is 23.2 Å². The average molecular weight is 503 g/mol. The second kappa shape index (κ2) is 9.49. The Hall–Kier alpha value is -3.96. The van der Waals surface area contributed by atoms with Crippen LogP contribution < -0.4 is 26.3 Å². The average Bonchev–Trinajstić information content (AvgIpc) is 2.91. The van der Waals surface area contributed by atoms with E-state index in [1.54, 1.807) is 36.7 Å². The van der Waals surface area contributed by atoms with E-state index in [1.165, 1.54) is 0 Å². The van der Waals surface area contributed by atoms with E-state index in [2.05, 4.69) is 25.5 Å². The highest BCUT2D eigenvalue weighted by molar-refractivity contribution is 5.82. The quantitative estimate of drug-likeness (QED) is 0.340. The molecule has 192 valence electrons. The lowest BCUT2D eigenvalue weighted by Gasteiger charge is -2.54. The Bertz CT molecular complexity index is 1360. The maximum Gasteiger partial charge on any atom is 0.250 e. The van der Waals surface area contributed by atoms with E-state index >= 15 is 0 Å². The van der Waals surface area contributed by atoms with Crippen LogP contribution in [0, 0.1) is 17.0 Å². The van der Waals surface area contributed by atoms with Crippen LogP contribution in [0.25, 0.3) is 0 Å². The van der Waals surface area contributed by atoms with Crippen molar-refractivity contribution in [2.75, 3.05) is 35.1 Å². The second-order valence-corrected chi connectivity index (χ2v) is 9.92. The van der Waals surface area contributed by atoms with Gasteiger partial charge in [-0.05, 0) is 54.7 Å². The molecule has 4 unspecified atom stereocenters. The minimum absolute atomic E-state index is 0.00445. The van der Waals surface area contributed by atoms with Crippen molar-refractivity contribution in [3.8, 4) is 0 Å². The number of nitrogens with zero attached hydrogens (tertiary/aromatic N) is 5. The van der Waals surface area contributed by atoms with Crippen molar-refractivity contribution in [2.45, 2.75) is 31.3 Å². The molecule has 0 aliphatic carbocycles. The molecule has 4 atom stereocenters. The molecule has 2 bridgehead atoms. The minimum atomic E-state index is -0.374. The highest BCUT2D eigenvalue weighted by Crippen LogP contribution is 2.47. The largest absolute Gasteiger partial charge is 0.733 e. The van der Waals surface area contributed by atoms with Crippen molar-refractivity contribution in [3.63, 3.8) is 0 Å². The summed E-state index contributed by atoms with van der Waals surface area (Å²) in [6.45, 7) is 2.12. The second-order valence-electron chi connectivity index (χ2n) is 9.92. The molecule has 3 aliphatic rings. The monoisotopic (exact) mass is 502 g/mol. The van der Waals surface area contributed by atoms with Gasteiger partial charge in [0, 0.05) is 68.0 Å². The highest BCUT2D eigenvalue weighted by atomic mass is 16.8. The molecule has 0 spiro atoms. The number of hydrogen-bond donors (Lipinski definition) is 3. The number of pyridine rings is 1. The molecule has 11 nitrogen and oxygen atoms in total. The third-order valence-corrected chi connectivity index (χ3v) is 7.82. The van der Waals surface area contributed by atoms with E-state index in [1.807, 2.05) is 22.8 Å². The standard InChI is InChI=1S/C26H28N7O4/c34-23-4-1-3-21-17-11-18(15-31(21)23)24-20(25(35)27-9-10-30-26-28-7-2-8-29-26)13-16-12-19(33(36)37)5-6-22(16)32(24)14-17/h1-8,12,17-18,20,24,36H,9-11,13-15H2,(H,27,35)(H,28,29,30)/q-1. The molecule has 1 saturated heterocycles. The summed E-state index contributed by atoms with van der Waals surface area (Å²) in [5.74, 6) is 0.343. The van der Waals surface area contributed by atoms with E-state index in [0.29, 0.717) is 38.5 Å². The number of carbonyl (C=O) groups is 1. The topological polar surface area (TPSA) is 139 Å². The molecule has 5 heterocycles. The number of hydrogen-bond acceptors (Lipinski definition) is 9. The van der Waals surface area contributed by atoms with E-state index in [-0.39, 0.29) is 46.2 Å². The molecule has 3 N–H and O–H groups in total. The molecule has 1 amide bonds. The van der Waals surface area contributed by atoms with Gasteiger partial charge in [-0.2, -0.15) is 0 Å². The minimum Gasteiger partial charge on any atom is -0.733 e. The van der Waals surface area contributed by atoms with Gasteiger partial charge in [0.1, 0.15) is 0 Å². The Kier molecular flexibility index (Phi) is 6.01. The van der Waals surface area contributed by atoms with Crippen molar-refractivity contribution < 1.29 is 10.0 Å². The van der Waals surface area contributed by atoms with Gasteiger partial charge in [-0.25, -0.2) is 9.97 Å². The normalized spacial score (nSPS) is 23.4. The van der Waals surface area contributed by atoms with Crippen LogP contribution in [0.2, 0.25) is 0 Å². The number of rotatable bonds is 6. The molecule has 1 fully saturated rings. The maximum atomic E-state index is 13.6. The Morgan fingerprint density at radius 2 is 1.97 bits per heavy atom. The molecule has 37 heavy (non-hydrogen) atoms. The molecule has 11 heteroatoms. The summed E-state index contributed by atoms with van der Waals surface area (Å²) in [6.07, 6.45) is 4.65. The first-order valence-corrected chi connectivity index (χ1v) is 12.5. The number of fused-ring (bicyclic) bond motifs is 8. The summed E-state index contributed by atoms with van der Waals surface area (Å²) in [7, 11) is 0. The molecule has 6 rings (SSSR count). The first-order valence-electron chi connectivity index (χ1n) is 12.5. The van der Waals surface area contributed by atoms with E-state index < -0.39 is 0 Å². The Balaban J connectivity index is 1.28. The predicted octanol–water partition coefficient (Wildman–Crippen LogP) is 1.72. The number of nitrogens with one attached hydrogen (secondary N) is 2. The van der Waals surface area contributed by atoms with Crippen molar-refractivity contribution in [3.05, 3.63) is 81.7 Å². The maximum absolute atomic E-state index is 13.6. The first kappa shape index (κ1) is 23.4. The Morgan fingerprint density at radius 3 is 2.78 bits per heavy atom. The highest BCUT2D eigenvalue weighted by Gasteiger charge is 2.49. The molecule has 2 aromatic heterocycles. The molecule has 3 aromatic rings. The van der Waals surface area contributed by atoms with Crippen LogP contribution in [-0.2, 0) is 17.8 Å². The van der Waals surface area contributed by atoms with E-state index in [0.717, 1.165) is 23.4 Å². The first-order chi connectivity index (χ1) is 18.0. The summed E-state index contributed by atoms with van der Waals surface area (Å²) in [6, 6.07) is 12.2. The molecular weight excluding hydrogens is 474 g/mol. The number of piperidine rings is 1. The van der Waals surface area contributed by atoms with Gasteiger partial charge >= 0.3 is 0 Å². The molecule has 0 saturated carbocycles. The van der Waals surface area contributed by atoms with Gasteiger partial charge in [0.15, 0.2) is 0 Å². The van der Waals surface area contributed by atoms with Crippen molar-refractivity contribution in [1.29, 1.82) is 0 Å². The Labute approximate surface area is 213 Å². The van der Waals surface area contributed by atoms with Crippen molar-refractivity contribution in [2.24, 2.45) is 11.8 Å².